The summed E-state index contributed by atoms with van der Waals surface area (Å²) in [6.45, 7) is 5.50. The van der Waals surface area contributed by atoms with E-state index < -0.39 is 5.60 Å². The van der Waals surface area contributed by atoms with Crippen molar-refractivity contribution in [2.75, 3.05) is 0 Å². The lowest BCUT2D eigenvalue weighted by Crippen LogP contribution is -2.26. The van der Waals surface area contributed by atoms with Gasteiger partial charge in [-0.25, -0.2) is 9.37 Å². The molecule has 0 aliphatic rings. The molecule has 0 aliphatic heterocycles. The summed E-state index contributed by atoms with van der Waals surface area (Å²) in [7, 11) is 0. The minimum absolute atomic E-state index is 0.0235. The number of halogens is 1. The van der Waals surface area contributed by atoms with Gasteiger partial charge < -0.3 is 9.30 Å². The van der Waals surface area contributed by atoms with Crippen molar-refractivity contribution in [1.82, 2.24) is 14.5 Å². The first kappa shape index (κ1) is 17.8. The fourth-order valence-corrected chi connectivity index (χ4v) is 2.64. The van der Waals surface area contributed by atoms with E-state index in [0.29, 0.717) is 5.69 Å². The van der Waals surface area contributed by atoms with Crippen LogP contribution in [-0.2, 0) is 16.1 Å². The number of esters is 1. The molecule has 6 heteroatoms. The van der Waals surface area contributed by atoms with Crippen LogP contribution in [0.4, 0.5) is 4.39 Å². The second-order valence-corrected chi connectivity index (χ2v) is 6.90. The molecule has 0 saturated heterocycles. The zero-order valence-electron chi connectivity index (χ0n) is 14.9. The molecule has 0 unspecified atom stereocenters. The summed E-state index contributed by atoms with van der Waals surface area (Å²) in [5.74, 6) is -0.671. The van der Waals surface area contributed by atoms with Gasteiger partial charge in [0, 0.05) is 23.5 Å². The standard InChI is InChI=1S/C20H20FN3O2/c1-20(2,3)26-17(25)12-24-13-23-18(14-6-8-16(21)9-7-14)19(24)15-5-4-10-22-11-15/h4-11,13H,12H2,1-3H3. The minimum Gasteiger partial charge on any atom is -0.459 e. The molecule has 2 heterocycles. The van der Waals surface area contributed by atoms with Gasteiger partial charge in [0.1, 0.15) is 18.0 Å². The Bertz CT molecular complexity index is 897. The highest BCUT2D eigenvalue weighted by molar-refractivity contribution is 5.80. The number of benzene rings is 1. The molecule has 0 spiro atoms. The molecule has 3 rings (SSSR count). The third kappa shape index (κ3) is 4.14. The van der Waals surface area contributed by atoms with E-state index in [-0.39, 0.29) is 18.3 Å². The maximum Gasteiger partial charge on any atom is 0.326 e. The normalized spacial score (nSPS) is 11.4. The molecular weight excluding hydrogens is 333 g/mol. The molecule has 0 atom stereocenters. The molecule has 3 aromatic rings. The third-order valence-electron chi connectivity index (χ3n) is 3.61. The molecule has 1 aromatic carbocycles. The van der Waals surface area contributed by atoms with E-state index in [9.17, 15) is 9.18 Å². The average Bonchev–Trinajstić information content (AvgIpc) is 2.98. The molecule has 2 aromatic heterocycles. The predicted octanol–water partition coefficient (Wildman–Crippen LogP) is 4.09. The van der Waals surface area contributed by atoms with Crippen LogP contribution in [0, 0.1) is 5.82 Å². The van der Waals surface area contributed by atoms with E-state index in [2.05, 4.69) is 9.97 Å². The SMILES string of the molecule is CC(C)(C)OC(=O)Cn1cnc(-c2ccc(F)cc2)c1-c1cccnc1. The molecule has 0 saturated carbocycles. The van der Waals surface area contributed by atoms with Gasteiger partial charge in [-0.05, 0) is 57.2 Å². The lowest BCUT2D eigenvalue weighted by molar-refractivity contribution is -0.155. The summed E-state index contributed by atoms with van der Waals surface area (Å²) in [5, 5.41) is 0. The monoisotopic (exact) mass is 353 g/mol. The van der Waals surface area contributed by atoms with Gasteiger partial charge >= 0.3 is 5.97 Å². The maximum atomic E-state index is 13.3. The van der Waals surface area contributed by atoms with Crippen molar-refractivity contribution in [3.8, 4) is 22.5 Å². The number of aromatic nitrogens is 3. The Morgan fingerprint density at radius 3 is 2.50 bits per heavy atom. The van der Waals surface area contributed by atoms with Crippen LogP contribution in [0.5, 0.6) is 0 Å². The van der Waals surface area contributed by atoms with Gasteiger partial charge in [-0.3, -0.25) is 9.78 Å². The number of hydrogen-bond acceptors (Lipinski definition) is 4. The van der Waals surface area contributed by atoms with Crippen molar-refractivity contribution in [2.45, 2.75) is 32.9 Å². The molecule has 0 amide bonds. The number of rotatable bonds is 4. The van der Waals surface area contributed by atoms with E-state index in [1.807, 2.05) is 32.9 Å². The molecule has 0 aliphatic carbocycles. The first-order valence-electron chi connectivity index (χ1n) is 8.27. The van der Waals surface area contributed by atoms with Crippen LogP contribution >= 0.6 is 0 Å². The smallest absolute Gasteiger partial charge is 0.326 e. The zero-order chi connectivity index (χ0) is 18.7. The first-order valence-corrected chi connectivity index (χ1v) is 8.27. The molecule has 5 nitrogen and oxygen atoms in total. The van der Waals surface area contributed by atoms with E-state index in [1.54, 1.807) is 35.4 Å². The number of ether oxygens (including phenoxy) is 1. The Balaban J connectivity index is 2.03. The van der Waals surface area contributed by atoms with Gasteiger partial charge in [0.25, 0.3) is 0 Å². The van der Waals surface area contributed by atoms with Crippen molar-refractivity contribution < 1.29 is 13.9 Å². The van der Waals surface area contributed by atoms with Crippen LogP contribution in [-0.4, -0.2) is 26.1 Å². The largest absolute Gasteiger partial charge is 0.459 e. The predicted molar refractivity (Wildman–Crippen MR) is 96.7 cm³/mol. The van der Waals surface area contributed by atoms with E-state index in [1.165, 1.54) is 12.1 Å². The highest BCUT2D eigenvalue weighted by atomic mass is 19.1. The number of pyridine rings is 1. The molecule has 0 radical (unpaired) electrons. The quantitative estimate of drug-likeness (QED) is 0.663. The Morgan fingerprint density at radius 1 is 1.15 bits per heavy atom. The molecule has 26 heavy (non-hydrogen) atoms. The van der Waals surface area contributed by atoms with Crippen molar-refractivity contribution in [2.24, 2.45) is 0 Å². The first-order chi connectivity index (χ1) is 12.3. The van der Waals surface area contributed by atoms with E-state index in [0.717, 1.165) is 16.8 Å². The van der Waals surface area contributed by atoms with Gasteiger partial charge in [0.05, 0.1) is 17.7 Å². The molecule has 0 bridgehead atoms. The Kier molecular flexibility index (Phi) is 4.84. The van der Waals surface area contributed by atoms with Crippen LogP contribution in [0.1, 0.15) is 20.8 Å². The molecule has 0 fully saturated rings. The maximum absolute atomic E-state index is 13.3. The lowest BCUT2D eigenvalue weighted by atomic mass is 10.1. The number of carbonyl (C=O) groups is 1. The zero-order valence-corrected chi connectivity index (χ0v) is 14.9. The van der Waals surface area contributed by atoms with Gasteiger partial charge in [0.2, 0.25) is 0 Å². The Hall–Kier alpha value is -3.02. The van der Waals surface area contributed by atoms with Crippen molar-refractivity contribution >= 4 is 5.97 Å². The molecule has 0 N–H and O–H groups in total. The van der Waals surface area contributed by atoms with Crippen LogP contribution in [0.3, 0.4) is 0 Å². The van der Waals surface area contributed by atoms with Crippen molar-refractivity contribution in [3.63, 3.8) is 0 Å². The Labute approximate surface area is 151 Å². The summed E-state index contributed by atoms with van der Waals surface area (Å²) < 4.78 is 20.4. The summed E-state index contributed by atoms with van der Waals surface area (Å²) >= 11 is 0. The lowest BCUT2D eigenvalue weighted by Gasteiger charge is -2.20. The summed E-state index contributed by atoms with van der Waals surface area (Å²) in [5.41, 5.74) is 2.39. The van der Waals surface area contributed by atoms with E-state index >= 15 is 0 Å². The molecule has 134 valence electrons. The third-order valence-corrected chi connectivity index (χ3v) is 3.61. The summed E-state index contributed by atoms with van der Waals surface area (Å²) in [6.07, 6.45) is 4.97. The van der Waals surface area contributed by atoms with Crippen molar-refractivity contribution in [1.29, 1.82) is 0 Å². The van der Waals surface area contributed by atoms with Crippen LogP contribution in [0.15, 0.2) is 55.1 Å². The fraction of sp³-hybridized carbons (Fsp3) is 0.250. The van der Waals surface area contributed by atoms with E-state index in [4.69, 9.17) is 4.74 Å². The fourth-order valence-electron chi connectivity index (χ4n) is 2.64. The van der Waals surface area contributed by atoms with Crippen LogP contribution in [0.2, 0.25) is 0 Å². The van der Waals surface area contributed by atoms with Gasteiger partial charge in [-0.2, -0.15) is 0 Å². The van der Waals surface area contributed by atoms with Crippen LogP contribution < -0.4 is 0 Å². The minimum atomic E-state index is -0.564. The average molecular weight is 353 g/mol. The highest BCUT2D eigenvalue weighted by Gasteiger charge is 2.20. The topological polar surface area (TPSA) is 57.0 Å². The van der Waals surface area contributed by atoms with Crippen LogP contribution in [0.25, 0.3) is 22.5 Å². The summed E-state index contributed by atoms with van der Waals surface area (Å²) in [6, 6.07) is 9.80. The highest BCUT2D eigenvalue weighted by Crippen LogP contribution is 2.31. The van der Waals surface area contributed by atoms with Gasteiger partial charge in [-0.1, -0.05) is 0 Å². The summed E-state index contributed by atoms with van der Waals surface area (Å²) in [4.78, 5) is 20.9. The van der Waals surface area contributed by atoms with Crippen molar-refractivity contribution in [3.05, 3.63) is 60.9 Å². The van der Waals surface area contributed by atoms with Gasteiger partial charge in [-0.15, -0.1) is 0 Å². The second kappa shape index (κ2) is 7.07. The number of nitrogens with zero attached hydrogens (tertiary/aromatic N) is 3. The number of carbonyl (C=O) groups excluding carboxylic acids is 1. The van der Waals surface area contributed by atoms with Gasteiger partial charge in [0.15, 0.2) is 0 Å². The number of imidazole rings is 1. The Morgan fingerprint density at radius 2 is 1.88 bits per heavy atom. The molecular formula is C20H20FN3O2. The number of hydrogen-bond donors (Lipinski definition) is 0. The second-order valence-electron chi connectivity index (χ2n) is 6.90.